The highest BCUT2D eigenvalue weighted by molar-refractivity contribution is 7.89. The molecule has 0 unspecified atom stereocenters. The molecule has 2 fully saturated rings. The van der Waals surface area contributed by atoms with Gasteiger partial charge in [0.1, 0.15) is 0 Å². The molecule has 2 aliphatic rings. The number of hydrogen-bond donors (Lipinski definition) is 0. The van der Waals surface area contributed by atoms with E-state index >= 15 is 0 Å². The normalized spacial score (nSPS) is 17.1. The largest absolute Gasteiger partial charge is 0.417 e. The van der Waals surface area contributed by atoms with E-state index in [-0.39, 0.29) is 73.3 Å². The van der Waals surface area contributed by atoms with Crippen molar-refractivity contribution in [3.8, 4) is 0 Å². The van der Waals surface area contributed by atoms with Crippen LogP contribution in [0.3, 0.4) is 0 Å². The maximum atomic E-state index is 14.0. The van der Waals surface area contributed by atoms with Crippen LogP contribution in [0.2, 0.25) is 0 Å². The first-order chi connectivity index (χ1) is 29.7. The lowest BCUT2D eigenvalue weighted by Crippen LogP contribution is -2.45. The molecule has 0 aliphatic carbocycles. The molecule has 0 aromatic heterocycles. The second-order valence-corrected chi connectivity index (χ2v) is 19.0. The van der Waals surface area contributed by atoms with Crippen LogP contribution in [0.15, 0.2) is 119 Å². The van der Waals surface area contributed by atoms with Gasteiger partial charge in [-0.05, 0) is 62.4 Å². The Morgan fingerprint density at radius 3 is 1.10 bits per heavy atom. The molecule has 0 N–H and O–H groups in total. The van der Waals surface area contributed by atoms with Crippen molar-refractivity contribution in [2.24, 2.45) is 0 Å². The summed E-state index contributed by atoms with van der Waals surface area (Å²) < 4.78 is 69.1. The van der Waals surface area contributed by atoms with Crippen LogP contribution >= 0.6 is 0 Å². The third-order valence-corrected chi connectivity index (χ3v) is 14.7. The molecule has 4 aromatic rings. The monoisotopic (exact) mass is 888 g/mol. The topological polar surface area (TPSA) is 174 Å². The Morgan fingerprint density at radius 1 is 0.435 bits per heavy atom. The van der Waals surface area contributed by atoms with Gasteiger partial charge in [-0.2, -0.15) is 8.61 Å². The maximum Gasteiger partial charge on any atom is 0.417 e. The molecule has 0 saturated carbocycles. The summed E-state index contributed by atoms with van der Waals surface area (Å²) in [4.78, 5) is 59.5. The molecule has 62 heavy (non-hydrogen) atoms. The molecule has 0 bridgehead atoms. The molecule has 2 aliphatic heterocycles. The highest BCUT2D eigenvalue weighted by Crippen LogP contribution is 2.20. The van der Waals surface area contributed by atoms with Crippen molar-refractivity contribution in [3.63, 3.8) is 0 Å². The van der Waals surface area contributed by atoms with Crippen LogP contribution in [0.5, 0.6) is 0 Å². The summed E-state index contributed by atoms with van der Waals surface area (Å²) in [6.07, 6.45) is -1.80. The highest BCUT2D eigenvalue weighted by atomic mass is 32.2. The Bertz CT molecular complexity index is 2220. The van der Waals surface area contributed by atoms with Crippen LogP contribution in [0.25, 0.3) is 0 Å². The number of benzene rings is 4. The Labute approximate surface area is 363 Å². The predicted octanol–water partition coefficient (Wildman–Crippen LogP) is 4.17. The van der Waals surface area contributed by atoms with E-state index in [1.54, 1.807) is 84.9 Å². The van der Waals surface area contributed by atoms with Crippen molar-refractivity contribution in [2.45, 2.75) is 23.6 Å². The molecular formula is C44H52N6O10S2. The smallest absolute Gasteiger partial charge is 0.372 e. The molecular weight excluding hydrogens is 837 g/mol. The molecule has 330 valence electrons. The van der Waals surface area contributed by atoms with Crippen molar-refractivity contribution < 1.29 is 45.5 Å². The lowest BCUT2D eigenvalue weighted by Gasteiger charge is -2.30. The third-order valence-electron chi connectivity index (χ3n) is 10.9. The average Bonchev–Trinajstić information content (AvgIpc) is 3.45. The summed E-state index contributed by atoms with van der Waals surface area (Å²) in [5, 5.41) is 0. The van der Waals surface area contributed by atoms with Gasteiger partial charge in [0.15, 0.2) is 0 Å². The summed E-state index contributed by atoms with van der Waals surface area (Å²) in [5.74, 6) is -1.66. The van der Waals surface area contributed by atoms with Gasteiger partial charge in [0.25, 0.3) is 0 Å². The fourth-order valence-corrected chi connectivity index (χ4v) is 9.86. The first-order valence-corrected chi connectivity index (χ1v) is 23.3. The first-order valence-electron chi connectivity index (χ1n) is 20.4. The number of rotatable bonds is 9. The quantitative estimate of drug-likeness (QED) is 0.174. The SMILES string of the molecule is Cc1ccc(S(=O)(=O)N2CCN(CCN3CCN(C(=O)OC(=O)c4ccccc4)CCN(S(=O)(=O)c4ccc(C)cc4)CC3)CCN(C(=O)OC(=O)c3ccccc3)CC2)cc1. The number of hydrogen-bond acceptors (Lipinski definition) is 12. The number of carbonyl (C=O) groups is 4. The van der Waals surface area contributed by atoms with Crippen molar-refractivity contribution in [2.75, 3.05) is 91.6 Å². The van der Waals surface area contributed by atoms with E-state index in [2.05, 4.69) is 0 Å². The predicted molar refractivity (Wildman–Crippen MR) is 230 cm³/mol. The van der Waals surface area contributed by atoms with Crippen LogP contribution in [0.4, 0.5) is 9.59 Å². The van der Waals surface area contributed by atoms with E-state index < -0.39 is 44.2 Å². The van der Waals surface area contributed by atoms with Gasteiger partial charge in [-0.15, -0.1) is 0 Å². The highest BCUT2D eigenvalue weighted by Gasteiger charge is 2.32. The zero-order valence-corrected chi connectivity index (χ0v) is 36.5. The summed E-state index contributed by atoms with van der Waals surface area (Å²) in [7, 11) is -7.99. The molecule has 0 spiro atoms. The Balaban J connectivity index is 1.20. The van der Waals surface area contributed by atoms with Gasteiger partial charge in [0.2, 0.25) is 20.0 Å². The summed E-state index contributed by atoms with van der Waals surface area (Å²) >= 11 is 0. The van der Waals surface area contributed by atoms with E-state index in [1.165, 1.54) is 42.7 Å². The maximum absolute atomic E-state index is 14.0. The number of sulfonamides is 2. The Kier molecular flexibility index (Phi) is 15.6. The fourth-order valence-electron chi connectivity index (χ4n) is 7.01. The van der Waals surface area contributed by atoms with Gasteiger partial charge in [-0.25, -0.2) is 36.0 Å². The number of nitrogens with zero attached hydrogens (tertiary/aromatic N) is 6. The Hall–Kier alpha value is -5.50. The lowest BCUT2D eigenvalue weighted by atomic mass is 10.2. The summed E-state index contributed by atoms with van der Waals surface area (Å²) in [6.45, 7) is 5.92. The van der Waals surface area contributed by atoms with E-state index in [0.717, 1.165) is 11.1 Å². The van der Waals surface area contributed by atoms with Crippen LogP contribution < -0.4 is 0 Å². The molecule has 16 nitrogen and oxygen atoms in total. The average molecular weight is 889 g/mol. The number of esters is 2. The standard InChI is InChI=1S/C44H52N6O10S2/c1-35-13-17-39(18-14-35)61(55,56)49-31-25-45(23-27-47(29-33-49)43(53)59-41(51)37-9-5-3-6-10-37)21-22-46-24-28-48(44(54)60-42(52)38-11-7-4-8-12-38)30-34-50(32-26-46)62(57,58)40-19-15-36(2)16-20-40/h3-20H,21-34H2,1-2H3. The molecule has 2 amide bonds. The molecule has 0 atom stereocenters. The van der Waals surface area contributed by atoms with Gasteiger partial charge in [0.05, 0.1) is 20.9 Å². The number of amides is 2. The van der Waals surface area contributed by atoms with Gasteiger partial charge < -0.3 is 19.3 Å². The van der Waals surface area contributed by atoms with Crippen molar-refractivity contribution in [3.05, 3.63) is 131 Å². The third kappa shape index (κ3) is 12.1. The zero-order chi connectivity index (χ0) is 44.3. The molecule has 2 saturated heterocycles. The number of carbonyl (C=O) groups excluding carboxylic acids is 4. The van der Waals surface area contributed by atoms with Crippen molar-refractivity contribution in [1.82, 2.24) is 28.2 Å². The van der Waals surface area contributed by atoms with Crippen LogP contribution in [0.1, 0.15) is 31.8 Å². The number of aryl methyl sites for hydroxylation is 2. The minimum atomic E-state index is -3.99. The fraction of sp³-hybridized carbons (Fsp3) is 0.364. The van der Waals surface area contributed by atoms with Gasteiger partial charge in [0, 0.05) is 91.6 Å². The molecule has 6 rings (SSSR count). The van der Waals surface area contributed by atoms with Crippen LogP contribution in [-0.4, -0.2) is 161 Å². The second-order valence-electron chi connectivity index (χ2n) is 15.1. The van der Waals surface area contributed by atoms with Crippen molar-refractivity contribution >= 4 is 44.2 Å². The first kappa shape index (κ1) is 46.0. The minimum absolute atomic E-state index is 0.0318. The van der Waals surface area contributed by atoms with Gasteiger partial charge in [-0.3, -0.25) is 9.80 Å². The van der Waals surface area contributed by atoms with E-state index in [9.17, 15) is 36.0 Å². The lowest BCUT2D eigenvalue weighted by molar-refractivity contribution is 0.0516. The summed E-state index contributed by atoms with van der Waals surface area (Å²) in [6, 6.07) is 29.2. The van der Waals surface area contributed by atoms with E-state index in [1.807, 2.05) is 23.6 Å². The van der Waals surface area contributed by atoms with Crippen LogP contribution in [0, 0.1) is 13.8 Å². The zero-order valence-electron chi connectivity index (χ0n) is 34.9. The van der Waals surface area contributed by atoms with Crippen LogP contribution in [-0.2, 0) is 29.5 Å². The molecule has 4 aromatic carbocycles. The molecule has 0 radical (unpaired) electrons. The van der Waals surface area contributed by atoms with Gasteiger partial charge >= 0.3 is 24.1 Å². The summed E-state index contributed by atoms with van der Waals surface area (Å²) in [5.41, 5.74) is 2.18. The van der Waals surface area contributed by atoms with Gasteiger partial charge in [-0.1, -0.05) is 71.8 Å². The minimum Gasteiger partial charge on any atom is -0.372 e. The second kappa shape index (κ2) is 21.0. The molecule has 18 heteroatoms. The number of ether oxygens (including phenoxy) is 2. The Morgan fingerprint density at radius 2 is 0.742 bits per heavy atom. The molecule has 2 heterocycles. The van der Waals surface area contributed by atoms with Crippen molar-refractivity contribution in [1.29, 1.82) is 0 Å². The van der Waals surface area contributed by atoms with E-state index in [0.29, 0.717) is 39.3 Å². The van der Waals surface area contributed by atoms with E-state index in [4.69, 9.17) is 9.47 Å².